The largest absolute Gasteiger partial charge is 0.495 e. The molecule has 1 aliphatic rings. The van der Waals surface area contributed by atoms with Gasteiger partial charge in [0.25, 0.3) is 5.91 Å². The summed E-state index contributed by atoms with van der Waals surface area (Å²) in [6.45, 7) is 4.98. The van der Waals surface area contributed by atoms with Crippen LogP contribution in [0.15, 0.2) is 30.3 Å². The maximum absolute atomic E-state index is 13.0. The molecule has 2 aromatic carbocycles. The van der Waals surface area contributed by atoms with Gasteiger partial charge in [0.2, 0.25) is 5.91 Å². The highest BCUT2D eigenvalue weighted by Gasteiger charge is 2.29. The van der Waals surface area contributed by atoms with Crippen molar-refractivity contribution in [2.45, 2.75) is 26.7 Å². The SMILES string of the molecule is COc1cc(NC(=O)C2CCCN(C(=O)c3cc(C)cc(C)c3)C2)c(OC)cc1Cl. The first kappa shape index (κ1) is 22.0. The van der Waals surface area contributed by atoms with E-state index in [-0.39, 0.29) is 17.7 Å². The number of amides is 2. The number of ether oxygens (including phenoxy) is 2. The molecule has 0 bridgehead atoms. The summed E-state index contributed by atoms with van der Waals surface area (Å²) in [5.74, 6) is 0.400. The van der Waals surface area contributed by atoms with Crippen molar-refractivity contribution in [1.82, 2.24) is 4.90 Å². The van der Waals surface area contributed by atoms with Crippen molar-refractivity contribution >= 4 is 29.1 Å². The van der Waals surface area contributed by atoms with Gasteiger partial charge in [-0.25, -0.2) is 0 Å². The number of hydrogen-bond acceptors (Lipinski definition) is 4. The molecule has 1 N–H and O–H groups in total. The van der Waals surface area contributed by atoms with E-state index in [0.29, 0.717) is 40.9 Å². The monoisotopic (exact) mass is 430 g/mol. The van der Waals surface area contributed by atoms with Gasteiger partial charge in [0.1, 0.15) is 11.5 Å². The summed E-state index contributed by atoms with van der Waals surface area (Å²) in [7, 11) is 3.02. The molecule has 0 spiro atoms. The van der Waals surface area contributed by atoms with Crippen molar-refractivity contribution in [2.24, 2.45) is 5.92 Å². The average Bonchev–Trinajstić information content (AvgIpc) is 2.73. The lowest BCUT2D eigenvalue weighted by Gasteiger charge is -2.32. The van der Waals surface area contributed by atoms with Crippen molar-refractivity contribution in [2.75, 3.05) is 32.6 Å². The zero-order chi connectivity index (χ0) is 21.8. The van der Waals surface area contributed by atoms with Gasteiger partial charge in [-0.05, 0) is 38.8 Å². The predicted octanol–water partition coefficient (Wildman–Crippen LogP) is 4.46. The molecule has 1 atom stereocenters. The van der Waals surface area contributed by atoms with Crippen molar-refractivity contribution in [3.8, 4) is 11.5 Å². The Morgan fingerprint density at radius 3 is 2.33 bits per heavy atom. The molecular weight excluding hydrogens is 404 g/mol. The van der Waals surface area contributed by atoms with Gasteiger partial charge in [0.05, 0.1) is 30.8 Å². The Bertz CT molecular complexity index is 940. The summed E-state index contributed by atoms with van der Waals surface area (Å²) in [4.78, 5) is 27.7. The Morgan fingerprint density at radius 2 is 1.70 bits per heavy atom. The normalized spacial score (nSPS) is 16.2. The number of nitrogens with zero attached hydrogens (tertiary/aromatic N) is 1. The first-order chi connectivity index (χ1) is 14.3. The lowest BCUT2D eigenvalue weighted by Crippen LogP contribution is -2.43. The van der Waals surface area contributed by atoms with E-state index < -0.39 is 0 Å². The molecule has 0 aliphatic carbocycles. The zero-order valence-corrected chi connectivity index (χ0v) is 18.5. The number of carbonyl (C=O) groups is 2. The predicted molar refractivity (Wildman–Crippen MR) is 118 cm³/mol. The second-order valence-electron chi connectivity index (χ2n) is 7.64. The lowest BCUT2D eigenvalue weighted by molar-refractivity contribution is -0.121. The minimum Gasteiger partial charge on any atom is -0.495 e. The second-order valence-corrected chi connectivity index (χ2v) is 8.05. The van der Waals surface area contributed by atoms with Gasteiger partial charge in [-0.1, -0.05) is 28.8 Å². The maximum Gasteiger partial charge on any atom is 0.253 e. The van der Waals surface area contributed by atoms with Gasteiger partial charge >= 0.3 is 0 Å². The number of aryl methyl sites for hydroxylation is 2. The summed E-state index contributed by atoms with van der Waals surface area (Å²) in [5.41, 5.74) is 3.25. The molecule has 1 saturated heterocycles. The van der Waals surface area contributed by atoms with Crippen LogP contribution in [0.4, 0.5) is 5.69 Å². The highest BCUT2D eigenvalue weighted by Crippen LogP contribution is 2.36. The summed E-state index contributed by atoms with van der Waals surface area (Å²) >= 11 is 6.14. The Kier molecular flexibility index (Phi) is 6.87. The number of halogens is 1. The summed E-state index contributed by atoms with van der Waals surface area (Å²) < 4.78 is 10.6. The van der Waals surface area contributed by atoms with E-state index in [4.69, 9.17) is 21.1 Å². The number of piperidine rings is 1. The van der Waals surface area contributed by atoms with Crippen molar-refractivity contribution in [3.63, 3.8) is 0 Å². The Morgan fingerprint density at radius 1 is 1.03 bits per heavy atom. The second kappa shape index (κ2) is 9.39. The number of likely N-dealkylation sites (tertiary alicyclic amines) is 1. The van der Waals surface area contributed by atoms with Gasteiger partial charge in [-0.2, -0.15) is 0 Å². The van der Waals surface area contributed by atoms with Crippen LogP contribution in [-0.4, -0.2) is 44.0 Å². The average molecular weight is 431 g/mol. The number of carbonyl (C=O) groups excluding carboxylic acids is 2. The highest BCUT2D eigenvalue weighted by atomic mass is 35.5. The number of benzene rings is 2. The quantitative estimate of drug-likeness (QED) is 0.760. The van der Waals surface area contributed by atoms with E-state index in [1.54, 1.807) is 17.0 Å². The van der Waals surface area contributed by atoms with Crippen LogP contribution in [0.1, 0.15) is 34.3 Å². The smallest absolute Gasteiger partial charge is 0.253 e. The topological polar surface area (TPSA) is 67.9 Å². The van der Waals surface area contributed by atoms with Crippen molar-refractivity contribution in [3.05, 3.63) is 52.0 Å². The summed E-state index contributed by atoms with van der Waals surface area (Å²) in [6.07, 6.45) is 1.49. The Balaban J connectivity index is 1.74. The van der Waals surface area contributed by atoms with Crippen LogP contribution in [0.5, 0.6) is 11.5 Å². The molecule has 0 aromatic heterocycles. The molecule has 0 saturated carbocycles. The Hall–Kier alpha value is -2.73. The van der Waals surface area contributed by atoms with Gasteiger partial charge in [-0.3, -0.25) is 9.59 Å². The highest BCUT2D eigenvalue weighted by molar-refractivity contribution is 6.32. The molecular formula is C23H27ClN2O4. The van der Waals surface area contributed by atoms with Crippen LogP contribution in [0, 0.1) is 19.8 Å². The maximum atomic E-state index is 13.0. The van der Waals surface area contributed by atoms with E-state index in [9.17, 15) is 9.59 Å². The van der Waals surface area contributed by atoms with E-state index in [1.807, 2.05) is 32.0 Å². The molecule has 2 aromatic rings. The van der Waals surface area contributed by atoms with Crippen LogP contribution < -0.4 is 14.8 Å². The third-order valence-electron chi connectivity index (χ3n) is 5.28. The minimum absolute atomic E-state index is 0.0370. The molecule has 1 aliphatic heterocycles. The third kappa shape index (κ3) is 4.87. The van der Waals surface area contributed by atoms with Crippen LogP contribution in [0.2, 0.25) is 5.02 Å². The number of nitrogens with one attached hydrogen (secondary N) is 1. The molecule has 1 heterocycles. The molecule has 30 heavy (non-hydrogen) atoms. The van der Waals surface area contributed by atoms with E-state index >= 15 is 0 Å². The van der Waals surface area contributed by atoms with E-state index in [2.05, 4.69) is 5.32 Å². The number of rotatable bonds is 5. The van der Waals surface area contributed by atoms with Crippen LogP contribution in [0.3, 0.4) is 0 Å². The van der Waals surface area contributed by atoms with E-state index in [1.165, 1.54) is 14.2 Å². The van der Waals surface area contributed by atoms with Gasteiger partial charge in [-0.15, -0.1) is 0 Å². The number of anilines is 1. The minimum atomic E-state index is -0.306. The van der Waals surface area contributed by atoms with Crippen LogP contribution in [0.25, 0.3) is 0 Å². The van der Waals surface area contributed by atoms with Gasteiger partial charge < -0.3 is 19.7 Å². The fourth-order valence-corrected chi connectivity index (χ4v) is 4.08. The molecule has 160 valence electrons. The van der Waals surface area contributed by atoms with Crippen LogP contribution in [-0.2, 0) is 4.79 Å². The number of hydrogen-bond donors (Lipinski definition) is 1. The fourth-order valence-electron chi connectivity index (χ4n) is 3.85. The lowest BCUT2D eigenvalue weighted by atomic mass is 9.96. The standard InChI is InChI=1S/C23H27ClN2O4/c1-14-8-15(2)10-17(9-14)23(28)26-7-5-6-16(13-26)22(27)25-19-12-20(29-3)18(24)11-21(19)30-4/h8-12,16H,5-7,13H2,1-4H3,(H,25,27). The molecule has 2 amide bonds. The molecule has 1 fully saturated rings. The summed E-state index contributed by atoms with van der Waals surface area (Å²) in [6, 6.07) is 9.07. The van der Waals surface area contributed by atoms with Crippen molar-refractivity contribution in [1.29, 1.82) is 0 Å². The van der Waals surface area contributed by atoms with Gasteiger partial charge in [0, 0.05) is 30.8 Å². The fraction of sp³-hybridized carbons (Fsp3) is 0.391. The van der Waals surface area contributed by atoms with Crippen LogP contribution >= 0.6 is 11.6 Å². The van der Waals surface area contributed by atoms with Gasteiger partial charge in [0.15, 0.2) is 0 Å². The summed E-state index contributed by atoms with van der Waals surface area (Å²) in [5, 5.41) is 3.31. The van der Waals surface area contributed by atoms with E-state index in [0.717, 1.165) is 24.0 Å². The molecule has 7 heteroatoms. The third-order valence-corrected chi connectivity index (χ3v) is 5.58. The molecule has 0 radical (unpaired) electrons. The number of methoxy groups -OCH3 is 2. The first-order valence-electron chi connectivity index (χ1n) is 9.92. The first-order valence-corrected chi connectivity index (χ1v) is 10.3. The molecule has 1 unspecified atom stereocenters. The van der Waals surface area contributed by atoms with Crippen molar-refractivity contribution < 1.29 is 19.1 Å². The zero-order valence-electron chi connectivity index (χ0n) is 17.8. The molecule has 3 rings (SSSR count). The molecule has 6 nitrogen and oxygen atoms in total. The Labute approximate surface area is 182 Å².